The zero-order chi connectivity index (χ0) is 23.0. The van der Waals surface area contributed by atoms with E-state index in [0.717, 1.165) is 24.7 Å². The van der Waals surface area contributed by atoms with Gasteiger partial charge in [-0.3, -0.25) is 14.8 Å². The van der Waals surface area contributed by atoms with Crippen LogP contribution in [0.4, 0.5) is 10.6 Å². The van der Waals surface area contributed by atoms with Crippen LogP contribution in [0.5, 0.6) is 0 Å². The first-order valence-corrected chi connectivity index (χ1v) is 11.9. The summed E-state index contributed by atoms with van der Waals surface area (Å²) in [5, 5.41) is 17.4. The van der Waals surface area contributed by atoms with E-state index in [0.29, 0.717) is 24.2 Å². The van der Waals surface area contributed by atoms with Crippen molar-refractivity contribution in [2.45, 2.75) is 24.9 Å². The minimum absolute atomic E-state index is 0.169. The van der Waals surface area contributed by atoms with Crippen LogP contribution in [0.3, 0.4) is 0 Å². The second kappa shape index (κ2) is 8.39. The first-order valence-electron chi connectivity index (χ1n) is 10.2. The van der Waals surface area contributed by atoms with E-state index >= 15 is 0 Å². The molecule has 1 amide bonds. The molecule has 0 aliphatic heterocycles. The number of carbonyl (C=O) groups excluding carboxylic acids is 1. The summed E-state index contributed by atoms with van der Waals surface area (Å²) >= 11 is 3.07. The molecule has 1 fully saturated rings. The summed E-state index contributed by atoms with van der Waals surface area (Å²) in [6.07, 6.45) is 2.42. The first-order chi connectivity index (χ1) is 15.9. The lowest BCUT2D eigenvalue weighted by Gasteiger charge is -2.07. The summed E-state index contributed by atoms with van der Waals surface area (Å²) in [5.41, 5.74) is 0.796. The predicted octanol–water partition coefficient (Wildman–Crippen LogP) is 4.96. The number of amides is 1. The highest BCUT2D eigenvalue weighted by molar-refractivity contribution is 7.38. The third kappa shape index (κ3) is 4.23. The molecule has 3 heterocycles. The normalized spacial score (nSPS) is 13.8. The van der Waals surface area contributed by atoms with Gasteiger partial charge in [0.1, 0.15) is 17.8 Å². The summed E-state index contributed by atoms with van der Waals surface area (Å²) in [4.78, 5) is 25.6. The molecule has 33 heavy (non-hydrogen) atoms. The Hall–Kier alpha value is -3.61. The van der Waals surface area contributed by atoms with E-state index in [9.17, 15) is 14.7 Å². The van der Waals surface area contributed by atoms with Gasteiger partial charge in [0, 0.05) is 17.3 Å². The second-order valence-corrected chi connectivity index (χ2v) is 10.2. The predicted molar refractivity (Wildman–Crippen MR) is 128 cm³/mol. The molecule has 2 N–H and O–H groups in total. The highest BCUT2D eigenvalue weighted by Crippen LogP contribution is 2.52. The number of aliphatic carboxylic acids is 1. The number of carboxylic acids is 1. The summed E-state index contributed by atoms with van der Waals surface area (Å²) in [5.74, 6) is 5.92. The quantitative estimate of drug-likeness (QED) is 0.396. The molecule has 1 aliphatic rings. The molecule has 0 atom stereocenters. The average molecular weight is 478 g/mol. The Morgan fingerprint density at radius 2 is 2.00 bits per heavy atom. The average Bonchev–Trinajstić information content (AvgIpc) is 3.24. The molecule has 0 saturated heterocycles. The van der Waals surface area contributed by atoms with E-state index in [-0.39, 0.29) is 6.61 Å². The van der Waals surface area contributed by atoms with Crippen molar-refractivity contribution in [2.75, 3.05) is 5.32 Å². The number of fused-ring (bicyclic) bond motifs is 1. The number of anilines is 1. The van der Waals surface area contributed by atoms with E-state index in [2.05, 4.69) is 22.3 Å². The minimum atomic E-state index is -0.740. The number of carboxylic acid groups (broad SMARTS) is 1. The van der Waals surface area contributed by atoms with Gasteiger partial charge in [-0.25, -0.2) is 4.79 Å². The van der Waals surface area contributed by atoms with Crippen molar-refractivity contribution in [3.63, 3.8) is 0 Å². The van der Waals surface area contributed by atoms with Gasteiger partial charge in [0.25, 0.3) is 0 Å². The van der Waals surface area contributed by atoms with Gasteiger partial charge in [-0.15, -0.1) is 22.7 Å². The molecule has 1 aliphatic carbocycles. The fourth-order valence-electron chi connectivity index (χ4n) is 3.49. The Labute approximate surface area is 197 Å². The molecule has 0 unspecified atom stereocenters. The molecule has 1 aromatic carbocycles. The molecular weight excluding hydrogens is 458 g/mol. The number of nitrogens with one attached hydrogen (secondary N) is 1. The van der Waals surface area contributed by atoms with Gasteiger partial charge in [0.2, 0.25) is 0 Å². The zero-order valence-corrected chi connectivity index (χ0v) is 19.3. The zero-order valence-electron chi connectivity index (χ0n) is 17.6. The van der Waals surface area contributed by atoms with Crippen molar-refractivity contribution in [2.24, 2.45) is 7.05 Å². The number of aromatic nitrogens is 2. The summed E-state index contributed by atoms with van der Waals surface area (Å²) in [7, 11) is 1.72. The lowest BCUT2D eigenvalue weighted by molar-refractivity contribution is -0.139. The molecule has 0 bridgehead atoms. The number of carbonyl (C=O) groups is 2. The Bertz CT molecular complexity index is 1390. The van der Waals surface area contributed by atoms with Crippen LogP contribution < -0.4 is 5.32 Å². The number of ether oxygens (including phenoxy) is 1. The van der Waals surface area contributed by atoms with Crippen LogP contribution in [0, 0.1) is 11.8 Å². The Balaban J connectivity index is 1.29. The maximum absolute atomic E-state index is 12.3. The molecule has 1 saturated carbocycles. The van der Waals surface area contributed by atoms with Crippen molar-refractivity contribution >= 4 is 50.0 Å². The number of nitrogens with zero attached hydrogens (tertiary/aromatic N) is 2. The minimum Gasteiger partial charge on any atom is -0.481 e. The van der Waals surface area contributed by atoms with Gasteiger partial charge in [0.05, 0.1) is 20.7 Å². The van der Waals surface area contributed by atoms with Crippen LogP contribution in [0.1, 0.15) is 33.7 Å². The standard InChI is InChI=1S/C24H19N3O4S2/c1-27-20(26-23(30)31-14-15-5-3-2-4-6-15)16(13-25-27)7-8-18-11-17-12-19(33-21(17)32-18)24(9-10-24)22(28)29/h2-6,11-13H,9-10,14H2,1H3,(H,26,30)(H,28,29). The van der Waals surface area contributed by atoms with Gasteiger partial charge in [0.15, 0.2) is 0 Å². The van der Waals surface area contributed by atoms with Gasteiger partial charge in [-0.1, -0.05) is 42.2 Å². The maximum atomic E-state index is 12.3. The Morgan fingerprint density at radius 3 is 2.70 bits per heavy atom. The Kier molecular flexibility index (Phi) is 5.40. The topological polar surface area (TPSA) is 93.5 Å². The lowest BCUT2D eigenvalue weighted by atomic mass is 10.1. The van der Waals surface area contributed by atoms with Crippen molar-refractivity contribution in [3.05, 3.63) is 69.5 Å². The van der Waals surface area contributed by atoms with Gasteiger partial charge in [-0.2, -0.15) is 5.10 Å². The molecular formula is C24H19N3O4S2. The summed E-state index contributed by atoms with van der Waals surface area (Å²) < 4.78 is 7.89. The summed E-state index contributed by atoms with van der Waals surface area (Å²) in [6, 6.07) is 13.4. The van der Waals surface area contributed by atoms with Crippen molar-refractivity contribution in [1.29, 1.82) is 0 Å². The maximum Gasteiger partial charge on any atom is 0.413 e. The third-order valence-corrected chi connectivity index (χ3v) is 8.05. The lowest BCUT2D eigenvalue weighted by Crippen LogP contribution is -2.17. The van der Waals surface area contributed by atoms with E-state index in [1.54, 1.807) is 13.2 Å². The molecule has 4 aromatic rings. The second-order valence-electron chi connectivity index (χ2n) is 7.82. The fraction of sp³-hybridized carbons (Fsp3) is 0.208. The van der Waals surface area contributed by atoms with E-state index in [1.807, 2.05) is 42.5 Å². The van der Waals surface area contributed by atoms with Crippen LogP contribution in [-0.4, -0.2) is 26.9 Å². The van der Waals surface area contributed by atoms with Crippen molar-refractivity contribution < 1.29 is 19.4 Å². The fourth-order valence-corrected chi connectivity index (χ4v) is 6.03. The van der Waals surface area contributed by atoms with Gasteiger partial charge in [-0.05, 0) is 30.5 Å². The molecule has 3 aromatic heterocycles. The van der Waals surface area contributed by atoms with Crippen LogP contribution in [0.2, 0.25) is 0 Å². The first kappa shape index (κ1) is 21.2. The smallest absolute Gasteiger partial charge is 0.413 e. The Morgan fingerprint density at radius 1 is 1.21 bits per heavy atom. The highest BCUT2D eigenvalue weighted by Gasteiger charge is 2.53. The molecule has 166 valence electrons. The number of hydrogen-bond donors (Lipinski definition) is 2. The van der Waals surface area contributed by atoms with Gasteiger partial charge >= 0.3 is 12.1 Å². The molecule has 9 heteroatoms. The highest BCUT2D eigenvalue weighted by atomic mass is 32.2. The molecule has 0 radical (unpaired) electrons. The molecule has 7 nitrogen and oxygen atoms in total. The van der Waals surface area contributed by atoms with Crippen molar-refractivity contribution in [1.82, 2.24) is 9.78 Å². The van der Waals surface area contributed by atoms with E-state index in [4.69, 9.17) is 4.74 Å². The molecule has 0 spiro atoms. The summed E-state index contributed by atoms with van der Waals surface area (Å²) in [6.45, 7) is 0.169. The van der Waals surface area contributed by atoms with Gasteiger partial charge < -0.3 is 9.84 Å². The number of rotatable bonds is 5. The SMILES string of the molecule is Cn1ncc(C#Cc2cc3cc(C4(C(=O)O)CC4)sc3s2)c1NC(=O)OCc1ccccc1. The largest absolute Gasteiger partial charge is 0.481 e. The van der Waals surface area contributed by atoms with Crippen LogP contribution in [0.15, 0.2) is 48.7 Å². The van der Waals surface area contributed by atoms with E-state index < -0.39 is 17.5 Å². The third-order valence-electron chi connectivity index (χ3n) is 5.54. The van der Waals surface area contributed by atoms with Crippen LogP contribution >= 0.6 is 22.7 Å². The number of thiophene rings is 2. The van der Waals surface area contributed by atoms with Crippen molar-refractivity contribution in [3.8, 4) is 11.8 Å². The van der Waals surface area contributed by atoms with Crippen LogP contribution in [-0.2, 0) is 28.6 Å². The number of benzene rings is 1. The molecule has 5 rings (SSSR count). The monoisotopic (exact) mass is 477 g/mol. The number of aryl methyl sites for hydroxylation is 1. The number of hydrogen-bond acceptors (Lipinski definition) is 6. The van der Waals surface area contributed by atoms with Crippen LogP contribution in [0.25, 0.3) is 9.40 Å². The van der Waals surface area contributed by atoms with E-state index in [1.165, 1.54) is 27.4 Å².